The number of ether oxygens (including phenoxy) is 1. The Morgan fingerprint density at radius 1 is 1.18 bits per heavy atom. The predicted molar refractivity (Wildman–Crippen MR) is 86.7 cm³/mol. The second kappa shape index (κ2) is 7.33. The van der Waals surface area contributed by atoms with Gasteiger partial charge in [0.05, 0.1) is 6.61 Å². The summed E-state index contributed by atoms with van der Waals surface area (Å²) in [5, 5.41) is 0. The average Bonchev–Trinajstić information content (AvgIpc) is 2.73. The molecule has 116 valence electrons. The lowest BCUT2D eigenvalue weighted by Gasteiger charge is -2.23. The molecule has 2 aromatic heterocycles. The van der Waals surface area contributed by atoms with Gasteiger partial charge in [0.2, 0.25) is 0 Å². The van der Waals surface area contributed by atoms with E-state index < -0.39 is 0 Å². The number of hydrogen-bond donors (Lipinski definition) is 0. The van der Waals surface area contributed by atoms with Crippen molar-refractivity contribution in [2.24, 2.45) is 0 Å². The van der Waals surface area contributed by atoms with E-state index in [9.17, 15) is 0 Å². The van der Waals surface area contributed by atoms with E-state index in [4.69, 9.17) is 4.74 Å². The molecule has 0 aromatic carbocycles. The van der Waals surface area contributed by atoms with Crippen molar-refractivity contribution in [2.45, 2.75) is 13.1 Å². The van der Waals surface area contributed by atoms with E-state index in [1.54, 1.807) is 7.11 Å². The van der Waals surface area contributed by atoms with Crippen molar-refractivity contribution >= 4 is 5.82 Å². The fraction of sp³-hybridized carbons (Fsp3) is 0.412. The molecule has 3 rings (SSSR count). The first-order valence-electron chi connectivity index (χ1n) is 7.66. The molecular weight excluding hydrogens is 276 g/mol. The lowest BCUT2D eigenvalue weighted by Crippen LogP contribution is -2.33. The maximum atomic E-state index is 5.23. The first-order valence-corrected chi connectivity index (χ1v) is 7.66. The molecule has 0 aliphatic carbocycles. The Balaban J connectivity index is 1.76. The van der Waals surface area contributed by atoms with Gasteiger partial charge in [-0.1, -0.05) is 12.1 Å². The molecule has 0 atom stereocenters. The minimum atomic E-state index is 0.721. The van der Waals surface area contributed by atoms with E-state index in [1.165, 1.54) is 11.1 Å². The van der Waals surface area contributed by atoms with Crippen LogP contribution in [0.4, 0.5) is 5.82 Å². The van der Waals surface area contributed by atoms with Gasteiger partial charge in [-0.05, 0) is 17.7 Å². The van der Waals surface area contributed by atoms with Crippen molar-refractivity contribution < 1.29 is 4.74 Å². The van der Waals surface area contributed by atoms with Crippen LogP contribution in [-0.2, 0) is 17.8 Å². The topological polar surface area (TPSA) is 41.5 Å². The highest BCUT2D eigenvalue weighted by molar-refractivity contribution is 5.47. The fourth-order valence-corrected chi connectivity index (χ4v) is 2.83. The molecule has 5 nitrogen and oxygen atoms in total. The van der Waals surface area contributed by atoms with E-state index in [-0.39, 0.29) is 0 Å². The zero-order valence-electron chi connectivity index (χ0n) is 13.0. The lowest BCUT2D eigenvalue weighted by atomic mass is 10.2. The minimum Gasteiger partial charge on any atom is -0.383 e. The first-order chi connectivity index (χ1) is 10.9. The number of rotatable bonds is 5. The second-order valence-corrected chi connectivity index (χ2v) is 5.54. The van der Waals surface area contributed by atoms with Crippen LogP contribution in [-0.4, -0.2) is 48.2 Å². The Kier molecular flexibility index (Phi) is 4.98. The summed E-state index contributed by atoms with van der Waals surface area (Å²) in [6.45, 7) is 5.41. The number of methoxy groups -OCH3 is 1. The predicted octanol–water partition coefficient (Wildman–Crippen LogP) is 1.95. The van der Waals surface area contributed by atoms with Crippen molar-refractivity contribution in [3.8, 4) is 0 Å². The lowest BCUT2D eigenvalue weighted by molar-refractivity contribution is 0.203. The Morgan fingerprint density at radius 2 is 2.09 bits per heavy atom. The summed E-state index contributed by atoms with van der Waals surface area (Å²) in [4.78, 5) is 13.6. The molecule has 22 heavy (non-hydrogen) atoms. The quantitative estimate of drug-likeness (QED) is 0.844. The Labute approximate surface area is 131 Å². The van der Waals surface area contributed by atoms with Gasteiger partial charge in [-0.3, -0.25) is 9.88 Å². The highest BCUT2D eigenvalue weighted by atomic mass is 16.5. The van der Waals surface area contributed by atoms with Crippen LogP contribution in [0.1, 0.15) is 11.1 Å². The second-order valence-electron chi connectivity index (χ2n) is 5.54. The third-order valence-electron chi connectivity index (χ3n) is 3.94. The summed E-state index contributed by atoms with van der Waals surface area (Å²) < 4.78 is 5.23. The SMILES string of the molecule is COCCN1CCN(Cc2cccnc2)Cc2cccnc21. The Morgan fingerprint density at radius 3 is 2.91 bits per heavy atom. The summed E-state index contributed by atoms with van der Waals surface area (Å²) >= 11 is 0. The normalized spacial score (nSPS) is 15.4. The first kappa shape index (κ1) is 14.9. The van der Waals surface area contributed by atoms with Gasteiger partial charge in [0.1, 0.15) is 5.82 Å². The molecule has 0 spiro atoms. The molecular formula is C17H22N4O. The standard InChI is InChI=1S/C17H22N4O/c1-22-11-10-21-9-8-20(13-15-4-2-6-18-12-15)14-16-5-3-7-19-17(16)21/h2-7,12H,8-11,13-14H2,1H3. The van der Waals surface area contributed by atoms with Crippen LogP contribution in [0.25, 0.3) is 0 Å². The summed E-state index contributed by atoms with van der Waals surface area (Å²) in [6.07, 6.45) is 5.63. The van der Waals surface area contributed by atoms with Crippen LogP contribution < -0.4 is 4.90 Å². The van der Waals surface area contributed by atoms with Gasteiger partial charge >= 0.3 is 0 Å². The van der Waals surface area contributed by atoms with Crippen molar-refractivity contribution in [1.29, 1.82) is 0 Å². The molecule has 0 bridgehead atoms. The van der Waals surface area contributed by atoms with Gasteiger partial charge in [0, 0.05) is 64.0 Å². The maximum Gasteiger partial charge on any atom is 0.133 e. The molecule has 0 radical (unpaired) electrons. The molecule has 0 amide bonds. The molecule has 0 saturated carbocycles. The number of aromatic nitrogens is 2. The molecule has 1 aliphatic heterocycles. The highest BCUT2D eigenvalue weighted by Gasteiger charge is 2.20. The monoisotopic (exact) mass is 298 g/mol. The average molecular weight is 298 g/mol. The van der Waals surface area contributed by atoms with Gasteiger partial charge in [0.15, 0.2) is 0 Å². The zero-order valence-corrected chi connectivity index (χ0v) is 13.0. The number of fused-ring (bicyclic) bond motifs is 1. The maximum absolute atomic E-state index is 5.23. The summed E-state index contributed by atoms with van der Waals surface area (Å²) in [5.74, 6) is 1.09. The number of anilines is 1. The van der Waals surface area contributed by atoms with Crippen LogP contribution in [0.2, 0.25) is 0 Å². The van der Waals surface area contributed by atoms with Crippen molar-refractivity contribution in [3.05, 3.63) is 54.0 Å². The number of pyridine rings is 2. The van der Waals surface area contributed by atoms with Crippen molar-refractivity contribution in [1.82, 2.24) is 14.9 Å². The third kappa shape index (κ3) is 3.61. The fourth-order valence-electron chi connectivity index (χ4n) is 2.83. The van der Waals surface area contributed by atoms with Gasteiger partial charge in [-0.15, -0.1) is 0 Å². The van der Waals surface area contributed by atoms with Crippen LogP contribution in [0.5, 0.6) is 0 Å². The number of nitrogens with zero attached hydrogens (tertiary/aromatic N) is 4. The molecule has 0 N–H and O–H groups in total. The van der Waals surface area contributed by atoms with E-state index >= 15 is 0 Å². The molecule has 5 heteroatoms. The molecule has 0 saturated heterocycles. The van der Waals surface area contributed by atoms with Gasteiger partial charge < -0.3 is 9.64 Å². The molecule has 3 heterocycles. The van der Waals surface area contributed by atoms with Crippen LogP contribution in [0, 0.1) is 0 Å². The smallest absolute Gasteiger partial charge is 0.133 e. The number of hydrogen-bond acceptors (Lipinski definition) is 5. The zero-order chi connectivity index (χ0) is 15.2. The molecule has 0 unspecified atom stereocenters. The van der Waals surface area contributed by atoms with E-state index in [1.807, 2.05) is 30.7 Å². The van der Waals surface area contributed by atoms with Gasteiger partial charge in [0.25, 0.3) is 0 Å². The summed E-state index contributed by atoms with van der Waals surface area (Å²) in [6, 6.07) is 8.31. The Bertz CT molecular complexity index is 590. The van der Waals surface area contributed by atoms with Gasteiger partial charge in [-0.25, -0.2) is 4.98 Å². The van der Waals surface area contributed by atoms with E-state index in [0.717, 1.165) is 45.1 Å². The molecule has 1 aliphatic rings. The third-order valence-corrected chi connectivity index (χ3v) is 3.94. The van der Waals surface area contributed by atoms with E-state index in [2.05, 4.69) is 31.9 Å². The van der Waals surface area contributed by atoms with Gasteiger partial charge in [-0.2, -0.15) is 0 Å². The minimum absolute atomic E-state index is 0.721. The van der Waals surface area contributed by atoms with Crippen LogP contribution in [0.15, 0.2) is 42.9 Å². The van der Waals surface area contributed by atoms with Crippen LogP contribution in [0.3, 0.4) is 0 Å². The summed E-state index contributed by atoms with van der Waals surface area (Å²) in [5.41, 5.74) is 2.53. The highest BCUT2D eigenvalue weighted by Crippen LogP contribution is 2.23. The van der Waals surface area contributed by atoms with E-state index in [0.29, 0.717) is 0 Å². The molecule has 2 aromatic rings. The van der Waals surface area contributed by atoms with Crippen LogP contribution >= 0.6 is 0 Å². The summed E-state index contributed by atoms with van der Waals surface area (Å²) in [7, 11) is 1.74. The Hall–Kier alpha value is -1.98. The van der Waals surface area contributed by atoms with Crippen molar-refractivity contribution in [3.63, 3.8) is 0 Å². The molecule has 0 fully saturated rings. The largest absolute Gasteiger partial charge is 0.383 e. The van der Waals surface area contributed by atoms with Crippen molar-refractivity contribution in [2.75, 3.05) is 38.3 Å².